The molecule has 3 aliphatic rings. The molecule has 2 bridgehead atoms. The van der Waals surface area contributed by atoms with Crippen LogP contribution in [0.5, 0.6) is 0 Å². The van der Waals surface area contributed by atoms with Crippen molar-refractivity contribution in [1.82, 2.24) is 4.90 Å². The highest BCUT2D eigenvalue weighted by molar-refractivity contribution is 5.69. The average Bonchev–Trinajstić information content (AvgIpc) is 2.61. The molecule has 0 spiro atoms. The van der Waals surface area contributed by atoms with Crippen molar-refractivity contribution in [2.45, 2.75) is 31.6 Å². The molecular formula is C19H23NO3. The summed E-state index contributed by atoms with van der Waals surface area (Å²) < 4.78 is 5.46. The number of fused-ring (bicyclic) bond motifs is 2. The van der Waals surface area contributed by atoms with Crippen molar-refractivity contribution in [1.29, 1.82) is 0 Å². The molecule has 0 saturated carbocycles. The van der Waals surface area contributed by atoms with Gasteiger partial charge in [-0.3, -0.25) is 0 Å². The van der Waals surface area contributed by atoms with Crippen LogP contribution in [0.4, 0.5) is 4.79 Å². The van der Waals surface area contributed by atoms with Crippen LogP contribution in [0.3, 0.4) is 0 Å². The molecule has 1 amide bonds. The van der Waals surface area contributed by atoms with Crippen LogP contribution in [0.1, 0.15) is 18.4 Å². The normalized spacial score (nSPS) is 26.8. The molecule has 4 atom stereocenters. The Morgan fingerprint density at radius 2 is 2.17 bits per heavy atom. The minimum absolute atomic E-state index is 0.0565. The van der Waals surface area contributed by atoms with Gasteiger partial charge in [-0.05, 0) is 24.3 Å². The molecule has 1 aromatic carbocycles. The quantitative estimate of drug-likeness (QED) is 0.850. The molecule has 1 saturated heterocycles. The van der Waals surface area contributed by atoms with Crippen LogP contribution in [0.25, 0.3) is 0 Å². The second-order valence-corrected chi connectivity index (χ2v) is 6.32. The number of aliphatic hydroxyl groups excluding tert-OH is 1. The minimum atomic E-state index is -0.463. The summed E-state index contributed by atoms with van der Waals surface area (Å²) >= 11 is 0. The van der Waals surface area contributed by atoms with E-state index in [4.69, 9.17) is 4.74 Å². The number of amides is 1. The van der Waals surface area contributed by atoms with Crippen molar-refractivity contribution >= 4 is 6.09 Å². The second-order valence-electron chi connectivity index (χ2n) is 6.32. The Hall–Kier alpha value is -2.07. The lowest BCUT2D eigenvalue weighted by molar-refractivity contribution is -0.00218. The number of nitrogens with zero attached hydrogens (tertiary/aromatic N) is 1. The third kappa shape index (κ3) is 3.48. The zero-order valence-corrected chi connectivity index (χ0v) is 13.2. The summed E-state index contributed by atoms with van der Waals surface area (Å²) in [7, 11) is 0. The first kappa shape index (κ1) is 15.8. The van der Waals surface area contributed by atoms with Crippen molar-refractivity contribution in [2.75, 3.05) is 6.54 Å². The number of hydrogen-bond donors (Lipinski definition) is 1. The molecule has 2 heterocycles. The highest BCUT2D eigenvalue weighted by Gasteiger charge is 2.43. The first-order valence-corrected chi connectivity index (χ1v) is 8.13. The molecule has 2 aliphatic heterocycles. The van der Waals surface area contributed by atoms with Crippen LogP contribution in [0.15, 0.2) is 55.1 Å². The molecule has 122 valence electrons. The van der Waals surface area contributed by atoms with Crippen molar-refractivity contribution in [3.8, 4) is 0 Å². The summed E-state index contributed by atoms with van der Waals surface area (Å²) in [6.07, 6.45) is 6.63. The predicted octanol–water partition coefficient (Wildman–Crippen LogP) is 3.14. The molecule has 4 rings (SSSR count). The maximum absolute atomic E-state index is 12.5. The van der Waals surface area contributed by atoms with Crippen LogP contribution in [0, 0.1) is 11.8 Å². The molecule has 23 heavy (non-hydrogen) atoms. The molecule has 0 unspecified atom stereocenters. The molecule has 1 aliphatic carbocycles. The SMILES string of the molecule is C=CC[C@@H](O)[C@H]1C[C@H]2C=C[C@@H]1N(C(=O)OCc1ccccc1)C2. The highest BCUT2D eigenvalue weighted by Crippen LogP contribution is 2.37. The number of hydrogen-bond acceptors (Lipinski definition) is 3. The van der Waals surface area contributed by atoms with Gasteiger partial charge in [0.25, 0.3) is 0 Å². The topological polar surface area (TPSA) is 49.8 Å². The fourth-order valence-corrected chi connectivity index (χ4v) is 3.55. The largest absolute Gasteiger partial charge is 0.445 e. The van der Waals surface area contributed by atoms with Crippen molar-refractivity contribution in [3.05, 3.63) is 60.7 Å². The fourth-order valence-electron chi connectivity index (χ4n) is 3.55. The highest BCUT2D eigenvalue weighted by atomic mass is 16.6. The Kier molecular flexibility index (Phi) is 4.82. The Bertz CT molecular complexity index is 584. The minimum Gasteiger partial charge on any atom is -0.445 e. The summed E-state index contributed by atoms with van der Waals surface area (Å²) in [5, 5.41) is 10.3. The molecule has 0 radical (unpaired) electrons. The lowest BCUT2D eigenvalue weighted by Crippen LogP contribution is -2.55. The van der Waals surface area contributed by atoms with Gasteiger partial charge in [-0.25, -0.2) is 4.79 Å². The van der Waals surface area contributed by atoms with Gasteiger partial charge in [0.05, 0.1) is 12.1 Å². The van der Waals surface area contributed by atoms with E-state index in [1.807, 2.05) is 36.4 Å². The van der Waals surface area contributed by atoms with Crippen LogP contribution in [-0.4, -0.2) is 34.8 Å². The standard InChI is InChI=1S/C19H23NO3/c1-2-6-18(21)16-11-15-9-10-17(16)20(12-15)19(22)23-13-14-7-4-3-5-8-14/h2-5,7-10,15-18,21H,1,6,11-13H2/t15-,16+,17+,18-/m1/s1. The second kappa shape index (κ2) is 7.01. The van der Waals surface area contributed by atoms with Crippen LogP contribution < -0.4 is 0 Å². The predicted molar refractivity (Wildman–Crippen MR) is 88.7 cm³/mol. The fraction of sp³-hybridized carbons (Fsp3) is 0.421. The Morgan fingerprint density at radius 1 is 1.39 bits per heavy atom. The van der Waals surface area contributed by atoms with Gasteiger partial charge in [0.2, 0.25) is 0 Å². The van der Waals surface area contributed by atoms with E-state index < -0.39 is 6.10 Å². The van der Waals surface area contributed by atoms with E-state index in [-0.39, 0.29) is 24.7 Å². The van der Waals surface area contributed by atoms with E-state index in [0.29, 0.717) is 18.9 Å². The van der Waals surface area contributed by atoms with Gasteiger partial charge >= 0.3 is 6.09 Å². The van der Waals surface area contributed by atoms with Gasteiger partial charge < -0.3 is 14.7 Å². The van der Waals surface area contributed by atoms with E-state index in [9.17, 15) is 9.90 Å². The maximum Gasteiger partial charge on any atom is 0.410 e. The van der Waals surface area contributed by atoms with Crippen molar-refractivity contribution in [2.24, 2.45) is 11.8 Å². The Morgan fingerprint density at radius 3 is 2.87 bits per heavy atom. The Balaban J connectivity index is 1.64. The van der Waals surface area contributed by atoms with Crippen LogP contribution >= 0.6 is 0 Å². The summed E-state index contributed by atoms with van der Waals surface area (Å²) in [5.74, 6) is 0.356. The average molecular weight is 313 g/mol. The lowest BCUT2D eigenvalue weighted by Gasteiger charge is -2.47. The van der Waals surface area contributed by atoms with E-state index in [1.54, 1.807) is 11.0 Å². The number of carbonyl (C=O) groups is 1. The zero-order valence-electron chi connectivity index (χ0n) is 13.2. The number of piperidine rings is 1. The van der Waals surface area contributed by atoms with Crippen LogP contribution in [0.2, 0.25) is 0 Å². The molecule has 1 fully saturated rings. The molecule has 0 aromatic heterocycles. The van der Waals surface area contributed by atoms with E-state index in [1.165, 1.54) is 0 Å². The number of carbonyl (C=O) groups excluding carboxylic acids is 1. The van der Waals surface area contributed by atoms with Gasteiger partial charge in [-0.2, -0.15) is 0 Å². The summed E-state index contributed by atoms with van der Waals surface area (Å²) in [6, 6.07) is 9.58. The monoisotopic (exact) mass is 313 g/mol. The third-order valence-corrected chi connectivity index (χ3v) is 4.73. The summed E-state index contributed by atoms with van der Waals surface area (Å²) in [4.78, 5) is 14.2. The lowest BCUT2D eigenvalue weighted by atomic mass is 9.74. The van der Waals surface area contributed by atoms with Crippen molar-refractivity contribution < 1.29 is 14.6 Å². The summed E-state index contributed by atoms with van der Waals surface area (Å²) in [6.45, 7) is 4.64. The van der Waals surface area contributed by atoms with Gasteiger partial charge in [0.15, 0.2) is 0 Å². The first-order chi connectivity index (χ1) is 11.2. The van der Waals surface area contributed by atoms with Crippen molar-refractivity contribution in [3.63, 3.8) is 0 Å². The maximum atomic E-state index is 12.5. The smallest absolute Gasteiger partial charge is 0.410 e. The van der Waals surface area contributed by atoms with Gasteiger partial charge in [0.1, 0.15) is 6.61 Å². The third-order valence-electron chi connectivity index (χ3n) is 4.73. The molecule has 4 nitrogen and oxygen atoms in total. The van der Waals surface area contributed by atoms with E-state index in [2.05, 4.69) is 12.7 Å². The van der Waals surface area contributed by atoms with Gasteiger partial charge in [-0.1, -0.05) is 48.6 Å². The number of ether oxygens (including phenoxy) is 1. The first-order valence-electron chi connectivity index (χ1n) is 8.13. The molecular weight excluding hydrogens is 290 g/mol. The molecule has 1 N–H and O–H groups in total. The summed E-state index contributed by atoms with van der Waals surface area (Å²) in [5.41, 5.74) is 0.974. The van der Waals surface area contributed by atoms with Gasteiger partial charge in [0, 0.05) is 12.5 Å². The molecule has 4 heteroatoms. The van der Waals surface area contributed by atoms with Gasteiger partial charge in [-0.15, -0.1) is 6.58 Å². The molecule has 1 aromatic rings. The number of aliphatic hydroxyl groups is 1. The number of rotatable bonds is 5. The zero-order chi connectivity index (χ0) is 16.2. The van der Waals surface area contributed by atoms with Crippen LogP contribution in [-0.2, 0) is 11.3 Å². The van der Waals surface area contributed by atoms with E-state index >= 15 is 0 Å². The van der Waals surface area contributed by atoms with E-state index in [0.717, 1.165) is 12.0 Å². The Labute approximate surface area is 137 Å². The number of benzene rings is 1.